The van der Waals surface area contributed by atoms with Crippen LogP contribution >= 0.6 is 0 Å². The second-order valence-electron chi connectivity index (χ2n) is 4.55. The number of hydrogen-bond donors (Lipinski definition) is 1. The second kappa shape index (κ2) is 5.22. The molecule has 1 amide bonds. The number of amides is 1. The summed E-state index contributed by atoms with van der Waals surface area (Å²) in [6, 6.07) is 6.03. The highest BCUT2D eigenvalue weighted by Gasteiger charge is 2.21. The summed E-state index contributed by atoms with van der Waals surface area (Å²) >= 11 is 0. The van der Waals surface area contributed by atoms with Crippen molar-refractivity contribution in [3.05, 3.63) is 53.1 Å². The van der Waals surface area contributed by atoms with E-state index in [4.69, 9.17) is 0 Å². The molecule has 0 bridgehead atoms. The molecule has 100 valence electrons. The van der Waals surface area contributed by atoms with Crippen LogP contribution in [0.1, 0.15) is 34.6 Å². The Balaban J connectivity index is 2.19. The maximum absolute atomic E-state index is 12.9. The monoisotopic (exact) mass is 261 g/mol. The van der Waals surface area contributed by atoms with Crippen LogP contribution in [0.25, 0.3) is 0 Å². The van der Waals surface area contributed by atoms with Gasteiger partial charge in [-0.25, -0.2) is 4.39 Å². The summed E-state index contributed by atoms with van der Waals surface area (Å²) in [5, 5.41) is 6.59. The van der Waals surface area contributed by atoms with E-state index in [0.717, 1.165) is 11.3 Å². The zero-order valence-electron chi connectivity index (χ0n) is 11.1. The number of carbonyl (C=O) groups excluding carboxylic acids is 1. The largest absolute Gasteiger partial charge is 0.335 e. The summed E-state index contributed by atoms with van der Waals surface area (Å²) in [6.45, 7) is 3.71. The van der Waals surface area contributed by atoms with Crippen molar-refractivity contribution in [3.63, 3.8) is 0 Å². The van der Waals surface area contributed by atoms with Gasteiger partial charge in [0.25, 0.3) is 5.91 Å². The van der Waals surface area contributed by atoms with Crippen molar-refractivity contribution in [1.82, 2.24) is 15.1 Å². The van der Waals surface area contributed by atoms with Crippen molar-refractivity contribution in [1.29, 1.82) is 0 Å². The van der Waals surface area contributed by atoms with Gasteiger partial charge in [0.2, 0.25) is 0 Å². The number of halogens is 1. The van der Waals surface area contributed by atoms with Gasteiger partial charge < -0.3 is 4.90 Å². The minimum Gasteiger partial charge on any atom is -0.335 e. The number of H-pyrrole nitrogens is 1. The molecule has 0 aliphatic heterocycles. The lowest BCUT2D eigenvalue weighted by molar-refractivity contribution is 0.0742. The highest BCUT2D eigenvalue weighted by Crippen LogP contribution is 2.21. The van der Waals surface area contributed by atoms with Crippen LogP contribution in [0, 0.1) is 12.7 Å². The van der Waals surface area contributed by atoms with Crippen molar-refractivity contribution in [2.24, 2.45) is 0 Å². The first-order chi connectivity index (χ1) is 9.00. The van der Waals surface area contributed by atoms with Crippen LogP contribution < -0.4 is 0 Å². The molecule has 1 unspecified atom stereocenters. The van der Waals surface area contributed by atoms with Crippen LogP contribution in [0.3, 0.4) is 0 Å². The fourth-order valence-electron chi connectivity index (χ4n) is 1.90. The molecule has 1 heterocycles. The van der Waals surface area contributed by atoms with Crippen molar-refractivity contribution >= 4 is 5.91 Å². The van der Waals surface area contributed by atoms with E-state index in [1.165, 1.54) is 18.3 Å². The predicted molar refractivity (Wildman–Crippen MR) is 70.2 cm³/mol. The third-order valence-corrected chi connectivity index (χ3v) is 3.31. The lowest BCUT2D eigenvalue weighted by Crippen LogP contribution is -2.29. The van der Waals surface area contributed by atoms with Crippen molar-refractivity contribution in [3.8, 4) is 0 Å². The van der Waals surface area contributed by atoms with Crippen LogP contribution in [0.15, 0.2) is 30.5 Å². The van der Waals surface area contributed by atoms with Gasteiger partial charge in [-0.3, -0.25) is 9.89 Å². The Kier molecular flexibility index (Phi) is 3.64. The maximum atomic E-state index is 12.9. The first-order valence-corrected chi connectivity index (χ1v) is 6.03. The summed E-state index contributed by atoms with van der Waals surface area (Å²) in [6.07, 6.45) is 1.52. The topological polar surface area (TPSA) is 49.0 Å². The maximum Gasteiger partial charge on any atom is 0.257 e. The normalized spacial score (nSPS) is 12.2. The molecule has 2 rings (SSSR count). The number of nitrogens with zero attached hydrogens (tertiary/aromatic N) is 2. The quantitative estimate of drug-likeness (QED) is 0.923. The van der Waals surface area contributed by atoms with Gasteiger partial charge in [-0.05, 0) is 31.5 Å². The molecule has 0 saturated carbocycles. The van der Waals surface area contributed by atoms with E-state index in [0.29, 0.717) is 5.56 Å². The highest BCUT2D eigenvalue weighted by molar-refractivity contribution is 5.95. The van der Waals surface area contributed by atoms with E-state index in [9.17, 15) is 9.18 Å². The molecule has 0 aliphatic carbocycles. The summed E-state index contributed by atoms with van der Waals surface area (Å²) in [4.78, 5) is 13.9. The van der Waals surface area contributed by atoms with E-state index < -0.39 is 0 Å². The number of rotatable bonds is 3. The molecule has 1 atom stereocenters. The van der Waals surface area contributed by atoms with Gasteiger partial charge in [-0.15, -0.1) is 0 Å². The first-order valence-electron chi connectivity index (χ1n) is 6.03. The summed E-state index contributed by atoms with van der Waals surface area (Å²) < 4.78 is 12.9. The molecule has 1 N–H and O–H groups in total. The molecule has 2 aromatic rings. The molecular formula is C14H16FN3O. The van der Waals surface area contributed by atoms with Gasteiger partial charge in [0.1, 0.15) is 5.82 Å². The Hall–Kier alpha value is -2.17. The van der Waals surface area contributed by atoms with Crippen LogP contribution in [-0.2, 0) is 0 Å². The smallest absolute Gasteiger partial charge is 0.257 e. The average Bonchev–Trinajstić information content (AvgIpc) is 2.83. The van der Waals surface area contributed by atoms with Crippen LogP contribution in [0.2, 0.25) is 0 Å². The molecule has 0 aliphatic rings. The van der Waals surface area contributed by atoms with Crippen LogP contribution in [0.5, 0.6) is 0 Å². The number of aromatic nitrogens is 2. The van der Waals surface area contributed by atoms with Gasteiger partial charge in [0.05, 0.1) is 17.8 Å². The zero-order chi connectivity index (χ0) is 14.0. The van der Waals surface area contributed by atoms with Gasteiger partial charge in [-0.2, -0.15) is 5.10 Å². The minimum atomic E-state index is -0.282. The van der Waals surface area contributed by atoms with E-state index in [2.05, 4.69) is 10.2 Å². The molecule has 0 fully saturated rings. The van der Waals surface area contributed by atoms with Gasteiger partial charge >= 0.3 is 0 Å². The van der Waals surface area contributed by atoms with Crippen molar-refractivity contribution in [2.75, 3.05) is 7.05 Å². The Labute approximate surface area is 111 Å². The molecule has 19 heavy (non-hydrogen) atoms. The summed E-state index contributed by atoms with van der Waals surface area (Å²) in [5.74, 6) is -0.390. The lowest BCUT2D eigenvalue weighted by Gasteiger charge is -2.25. The number of nitrogens with one attached hydrogen (secondary N) is 1. The highest BCUT2D eigenvalue weighted by atomic mass is 19.1. The van der Waals surface area contributed by atoms with Gasteiger partial charge in [0, 0.05) is 12.7 Å². The Bertz CT molecular complexity index is 577. The molecule has 0 saturated heterocycles. The fourth-order valence-corrected chi connectivity index (χ4v) is 1.90. The third-order valence-electron chi connectivity index (χ3n) is 3.31. The fraction of sp³-hybridized carbons (Fsp3) is 0.286. The van der Waals surface area contributed by atoms with E-state index in [1.54, 1.807) is 31.0 Å². The Morgan fingerprint density at radius 1 is 1.37 bits per heavy atom. The zero-order valence-corrected chi connectivity index (χ0v) is 11.1. The summed E-state index contributed by atoms with van der Waals surface area (Å²) in [5.41, 5.74) is 2.18. The number of carbonyl (C=O) groups is 1. The average molecular weight is 261 g/mol. The first kappa shape index (κ1) is 13.3. The molecule has 0 radical (unpaired) electrons. The second-order valence-corrected chi connectivity index (χ2v) is 4.55. The standard InChI is InChI=1S/C14H16FN3O/c1-9-13(8-16-17-9)14(19)18(3)10(2)11-4-6-12(15)7-5-11/h4-8,10H,1-3H3,(H,16,17). The van der Waals surface area contributed by atoms with Crippen molar-refractivity contribution < 1.29 is 9.18 Å². The number of hydrogen-bond acceptors (Lipinski definition) is 2. The van der Waals surface area contributed by atoms with Crippen LogP contribution in [-0.4, -0.2) is 28.1 Å². The molecule has 4 nitrogen and oxygen atoms in total. The Morgan fingerprint density at radius 3 is 2.53 bits per heavy atom. The molecular weight excluding hydrogens is 245 g/mol. The number of aryl methyl sites for hydroxylation is 1. The Morgan fingerprint density at radius 2 is 2.00 bits per heavy atom. The lowest BCUT2D eigenvalue weighted by atomic mass is 10.1. The molecule has 1 aromatic carbocycles. The molecule has 5 heteroatoms. The predicted octanol–water partition coefficient (Wildman–Crippen LogP) is 2.69. The van der Waals surface area contributed by atoms with Gasteiger partial charge in [-0.1, -0.05) is 12.1 Å². The third kappa shape index (κ3) is 2.65. The minimum absolute atomic E-state index is 0.108. The molecule has 0 spiro atoms. The van der Waals surface area contributed by atoms with Gasteiger partial charge in [0.15, 0.2) is 0 Å². The van der Waals surface area contributed by atoms with E-state index >= 15 is 0 Å². The van der Waals surface area contributed by atoms with Crippen LogP contribution in [0.4, 0.5) is 4.39 Å². The molecule has 1 aromatic heterocycles. The van der Waals surface area contributed by atoms with E-state index in [1.807, 2.05) is 6.92 Å². The number of aromatic amines is 1. The SMILES string of the molecule is Cc1[nH]ncc1C(=O)N(C)C(C)c1ccc(F)cc1. The number of benzene rings is 1. The van der Waals surface area contributed by atoms with Crippen molar-refractivity contribution in [2.45, 2.75) is 19.9 Å². The summed E-state index contributed by atoms with van der Waals surface area (Å²) in [7, 11) is 1.72. The van der Waals surface area contributed by atoms with E-state index in [-0.39, 0.29) is 17.8 Å².